The van der Waals surface area contributed by atoms with Crippen molar-refractivity contribution in [1.29, 1.82) is 0 Å². The Kier molecular flexibility index (Phi) is 6.26. The van der Waals surface area contributed by atoms with Gasteiger partial charge in [0, 0.05) is 5.92 Å². The van der Waals surface area contributed by atoms with Crippen LogP contribution in [0.5, 0.6) is 0 Å². The lowest BCUT2D eigenvalue weighted by atomic mass is 10.2. The lowest BCUT2D eigenvalue weighted by molar-refractivity contribution is 0.0335. The predicted molar refractivity (Wildman–Crippen MR) is 45.9 cm³/mol. The van der Waals surface area contributed by atoms with Crippen molar-refractivity contribution >= 4 is 12.3 Å². The van der Waals surface area contributed by atoms with E-state index in [1.54, 1.807) is 6.92 Å². The number of carbonyl (C=O) groups is 2. The molecule has 0 saturated carbocycles. The van der Waals surface area contributed by atoms with Gasteiger partial charge in [0.15, 0.2) is 0 Å². The van der Waals surface area contributed by atoms with Crippen LogP contribution in [-0.4, -0.2) is 39.7 Å². The van der Waals surface area contributed by atoms with Gasteiger partial charge in [0.25, 0.3) is 0 Å². The van der Waals surface area contributed by atoms with E-state index in [2.05, 4.69) is 18.9 Å². The highest BCUT2D eigenvalue weighted by Gasteiger charge is 2.09. The van der Waals surface area contributed by atoms with Crippen LogP contribution in [0.15, 0.2) is 0 Å². The summed E-state index contributed by atoms with van der Waals surface area (Å²) in [6.07, 6.45) is -1.51. The lowest BCUT2D eigenvalue weighted by Gasteiger charge is -2.10. The van der Waals surface area contributed by atoms with Gasteiger partial charge in [-0.15, -0.1) is 0 Å². The minimum atomic E-state index is -0.755. The fraction of sp³-hybridized carbons (Fsp3) is 0.750. The van der Waals surface area contributed by atoms with Crippen LogP contribution >= 0.6 is 0 Å². The van der Waals surface area contributed by atoms with Crippen molar-refractivity contribution in [2.24, 2.45) is 5.92 Å². The summed E-state index contributed by atoms with van der Waals surface area (Å²) in [5.74, 6) is -0.104. The van der Waals surface area contributed by atoms with Gasteiger partial charge in [-0.25, -0.2) is 9.59 Å². The van der Waals surface area contributed by atoms with E-state index < -0.39 is 12.3 Å². The van der Waals surface area contributed by atoms with Crippen LogP contribution in [0.3, 0.4) is 0 Å². The highest BCUT2D eigenvalue weighted by molar-refractivity contribution is 5.60. The van der Waals surface area contributed by atoms with Gasteiger partial charge in [0.2, 0.25) is 0 Å². The average Bonchev–Trinajstić information content (AvgIpc) is 2.22. The van der Waals surface area contributed by atoms with Gasteiger partial charge in [0.1, 0.15) is 13.2 Å². The maximum atomic E-state index is 10.5. The fourth-order valence-electron chi connectivity index (χ4n) is 0.587. The first kappa shape index (κ1) is 12.5. The zero-order valence-corrected chi connectivity index (χ0v) is 8.44. The third-order valence-corrected chi connectivity index (χ3v) is 1.30. The summed E-state index contributed by atoms with van der Waals surface area (Å²) in [6.45, 7) is 2.01. The molecule has 6 heteroatoms. The number of rotatable bonds is 4. The Bertz CT molecular complexity index is 170. The Morgan fingerprint density at radius 3 is 1.64 bits per heavy atom. The molecular weight excluding hydrogens is 192 g/mol. The number of hydrogen-bond acceptors (Lipinski definition) is 6. The molecule has 0 saturated heterocycles. The molecule has 0 aromatic carbocycles. The van der Waals surface area contributed by atoms with Gasteiger partial charge in [0.05, 0.1) is 14.2 Å². The smallest absolute Gasteiger partial charge is 0.438 e. The third-order valence-electron chi connectivity index (χ3n) is 1.30. The Labute approximate surface area is 82.1 Å². The van der Waals surface area contributed by atoms with E-state index in [4.69, 9.17) is 0 Å². The Balaban J connectivity index is 3.50. The number of ether oxygens (including phenoxy) is 4. The van der Waals surface area contributed by atoms with E-state index in [9.17, 15) is 9.59 Å². The third kappa shape index (κ3) is 6.10. The average molecular weight is 206 g/mol. The summed E-state index contributed by atoms with van der Waals surface area (Å²) >= 11 is 0. The van der Waals surface area contributed by atoms with Crippen LogP contribution < -0.4 is 0 Å². The molecule has 0 spiro atoms. The second-order valence-corrected chi connectivity index (χ2v) is 2.64. The van der Waals surface area contributed by atoms with E-state index >= 15 is 0 Å². The lowest BCUT2D eigenvalue weighted by Crippen LogP contribution is -2.18. The van der Waals surface area contributed by atoms with Crippen LogP contribution in [0.2, 0.25) is 0 Å². The van der Waals surface area contributed by atoms with Crippen molar-refractivity contribution in [3.8, 4) is 0 Å². The van der Waals surface area contributed by atoms with Gasteiger partial charge >= 0.3 is 12.3 Å². The molecule has 0 aliphatic heterocycles. The maximum Gasteiger partial charge on any atom is 0.507 e. The molecule has 0 rings (SSSR count). The van der Waals surface area contributed by atoms with Crippen molar-refractivity contribution in [3.63, 3.8) is 0 Å². The van der Waals surface area contributed by atoms with E-state index in [-0.39, 0.29) is 19.1 Å². The standard InChI is InChI=1S/C8H14O6/c1-6(4-13-7(9)11-2)5-14-8(10)12-3/h6H,4-5H2,1-3H3. The topological polar surface area (TPSA) is 71.1 Å². The van der Waals surface area contributed by atoms with Crippen molar-refractivity contribution in [2.45, 2.75) is 6.92 Å². The van der Waals surface area contributed by atoms with E-state index in [0.717, 1.165) is 0 Å². The Hall–Kier alpha value is -1.46. The fourth-order valence-corrected chi connectivity index (χ4v) is 0.587. The van der Waals surface area contributed by atoms with Crippen LogP contribution in [0.25, 0.3) is 0 Å². The van der Waals surface area contributed by atoms with Gasteiger partial charge < -0.3 is 18.9 Å². The molecule has 14 heavy (non-hydrogen) atoms. The zero-order chi connectivity index (χ0) is 11.0. The van der Waals surface area contributed by atoms with Crippen LogP contribution in [0, 0.1) is 5.92 Å². The summed E-state index contributed by atoms with van der Waals surface area (Å²) in [4.78, 5) is 21.1. The highest BCUT2D eigenvalue weighted by Crippen LogP contribution is 1.99. The van der Waals surface area contributed by atoms with Gasteiger partial charge in [-0.3, -0.25) is 0 Å². The molecule has 0 aromatic rings. The molecule has 82 valence electrons. The quantitative estimate of drug-likeness (QED) is 0.643. The van der Waals surface area contributed by atoms with Crippen molar-refractivity contribution in [2.75, 3.05) is 27.4 Å². The van der Waals surface area contributed by atoms with E-state index in [1.807, 2.05) is 0 Å². The molecule has 0 atom stereocenters. The molecule has 0 heterocycles. The molecule has 0 unspecified atom stereocenters. The van der Waals surface area contributed by atoms with E-state index in [0.29, 0.717) is 0 Å². The highest BCUT2D eigenvalue weighted by atomic mass is 16.7. The summed E-state index contributed by atoms with van der Waals surface area (Å²) in [6, 6.07) is 0. The number of methoxy groups -OCH3 is 2. The Morgan fingerprint density at radius 1 is 1.00 bits per heavy atom. The zero-order valence-electron chi connectivity index (χ0n) is 8.44. The second-order valence-electron chi connectivity index (χ2n) is 2.64. The molecule has 0 bridgehead atoms. The normalized spacial score (nSPS) is 9.43. The van der Waals surface area contributed by atoms with Crippen molar-refractivity contribution < 1.29 is 28.5 Å². The van der Waals surface area contributed by atoms with Crippen molar-refractivity contribution in [3.05, 3.63) is 0 Å². The molecule has 0 N–H and O–H groups in total. The van der Waals surface area contributed by atoms with Crippen LogP contribution in [0.4, 0.5) is 9.59 Å². The monoisotopic (exact) mass is 206 g/mol. The first-order valence-electron chi connectivity index (χ1n) is 4.01. The predicted octanol–water partition coefficient (Wildman–Crippen LogP) is 1.19. The number of carbonyl (C=O) groups excluding carboxylic acids is 2. The Morgan fingerprint density at radius 2 is 1.36 bits per heavy atom. The van der Waals surface area contributed by atoms with E-state index in [1.165, 1.54) is 14.2 Å². The SMILES string of the molecule is COC(=O)OCC(C)COC(=O)OC. The summed E-state index contributed by atoms with van der Waals surface area (Å²) in [5.41, 5.74) is 0. The van der Waals surface area contributed by atoms with Gasteiger partial charge in [-0.2, -0.15) is 0 Å². The first-order valence-corrected chi connectivity index (χ1v) is 4.01. The molecule has 6 nitrogen and oxygen atoms in total. The minimum Gasteiger partial charge on any atom is -0.438 e. The molecule has 0 radical (unpaired) electrons. The summed E-state index contributed by atoms with van der Waals surface area (Å²) in [5, 5.41) is 0. The maximum absolute atomic E-state index is 10.5. The van der Waals surface area contributed by atoms with Crippen LogP contribution in [0.1, 0.15) is 6.92 Å². The molecule has 0 aliphatic rings. The minimum absolute atomic E-state index is 0.104. The van der Waals surface area contributed by atoms with Gasteiger partial charge in [-0.1, -0.05) is 6.92 Å². The van der Waals surface area contributed by atoms with Gasteiger partial charge in [-0.05, 0) is 0 Å². The molecule has 0 fully saturated rings. The molecule has 0 aromatic heterocycles. The molecule has 0 aliphatic carbocycles. The largest absolute Gasteiger partial charge is 0.507 e. The first-order chi connectivity index (χ1) is 6.60. The second kappa shape index (κ2) is 6.99. The molecule has 0 amide bonds. The summed E-state index contributed by atoms with van der Waals surface area (Å²) in [7, 11) is 2.44. The number of hydrogen-bond donors (Lipinski definition) is 0. The summed E-state index contributed by atoms with van der Waals surface area (Å²) < 4.78 is 17.8. The molecular formula is C8H14O6. The van der Waals surface area contributed by atoms with Crippen LogP contribution in [-0.2, 0) is 18.9 Å². The van der Waals surface area contributed by atoms with Crippen molar-refractivity contribution in [1.82, 2.24) is 0 Å².